The number of para-hydroxylation sites is 1. The van der Waals surface area contributed by atoms with Gasteiger partial charge in [0.05, 0.1) is 18.7 Å². The number of amides is 1. The lowest BCUT2D eigenvalue weighted by Gasteiger charge is -2.09. The van der Waals surface area contributed by atoms with E-state index in [1.165, 1.54) is 0 Å². The predicted molar refractivity (Wildman–Crippen MR) is 113 cm³/mol. The number of benzene rings is 2. The first-order chi connectivity index (χ1) is 13.3. The first kappa shape index (κ1) is 21.3. The van der Waals surface area contributed by atoms with E-state index in [9.17, 15) is 9.59 Å². The average Bonchev–Trinajstić information content (AvgIpc) is 2.61. The zero-order chi connectivity index (χ0) is 20.7. The first-order valence-corrected chi connectivity index (χ1v) is 9.07. The van der Waals surface area contributed by atoms with Crippen LogP contribution in [0.5, 0.6) is 5.75 Å². The maximum atomic E-state index is 11.3. The third-order valence-electron chi connectivity index (χ3n) is 3.68. The Balaban J connectivity index is 0.000000200. The number of rotatable bonds is 3. The van der Waals surface area contributed by atoms with Gasteiger partial charge >= 0.3 is 6.09 Å². The third kappa shape index (κ3) is 6.03. The number of anilines is 1. The van der Waals surface area contributed by atoms with Crippen LogP contribution in [0.3, 0.4) is 0 Å². The minimum absolute atomic E-state index is 0.0977. The van der Waals surface area contributed by atoms with Crippen molar-refractivity contribution in [3.63, 3.8) is 0 Å². The monoisotopic (exact) mass is 402 g/mol. The lowest BCUT2D eigenvalue weighted by atomic mass is 10.1. The standard InChI is InChI=1S/C11H11NO2.C10H12ClNO2/c1-7-6-10(13)12-11-8(7)4-3-5-9(11)14-2;1-7(2)14-10(13)12-9-5-3-4-8(11)6-9/h3-6H,1-2H3,(H,12,13);3-7H,1-2H3,(H,12,13). The fourth-order valence-electron chi connectivity index (χ4n) is 2.52. The molecule has 148 valence electrons. The summed E-state index contributed by atoms with van der Waals surface area (Å²) >= 11 is 5.74. The molecule has 7 heteroatoms. The Kier molecular flexibility index (Phi) is 7.46. The first-order valence-electron chi connectivity index (χ1n) is 8.70. The van der Waals surface area contributed by atoms with Gasteiger partial charge in [-0.1, -0.05) is 29.8 Å². The Bertz CT molecular complexity index is 1010. The second kappa shape index (κ2) is 9.80. The molecule has 0 aliphatic rings. The second-order valence-corrected chi connectivity index (χ2v) is 6.73. The van der Waals surface area contributed by atoms with E-state index in [1.54, 1.807) is 51.3 Å². The SMILES string of the molecule is CC(C)OC(=O)Nc1cccc(Cl)c1.COc1cccc2c(C)cc(=O)[nH]c12. The molecule has 0 saturated carbocycles. The minimum atomic E-state index is -0.470. The quantitative estimate of drug-likeness (QED) is 0.635. The van der Waals surface area contributed by atoms with Gasteiger partial charge in [-0.15, -0.1) is 0 Å². The summed E-state index contributed by atoms with van der Waals surface area (Å²) in [6.45, 7) is 5.49. The van der Waals surface area contributed by atoms with Crippen molar-refractivity contribution in [1.82, 2.24) is 4.98 Å². The lowest BCUT2D eigenvalue weighted by Crippen LogP contribution is -2.17. The number of methoxy groups -OCH3 is 1. The highest BCUT2D eigenvalue weighted by Crippen LogP contribution is 2.23. The third-order valence-corrected chi connectivity index (χ3v) is 3.92. The summed E-state index contributed by atoms with van der Waals surface area (Å²) in [5.41, 5.74) is 2.25. The Morgan fingerprint density at radius 1 is 1.14 bits per heavy atom. The van der Waals surface area contributed by atoms with E-state index in [0.29, 0.717) is 16.5 Å². The molecule has 1 amide bonds. The van der Waals surface area contributed by atoms with Crippen LogP contribution >= 0.6 is 11.6 Å². The van der Waals surface area contributed by atoms with Crippen molar-refractivity contribution in [2.75, 3.05) is 12.4 Å². The number of carbonyl (C=O) groups excluding carboxylic acids is 1. The summed E-state index contributed by atoms with van der Waals surface area (Å²) in [7, 11) is 1.59. The number of nitrogens with one attached hydrogen (secondary N) is 2. The highest BCUT2D eigenvalue weighted by atomic mass is 35.5. The number of aromatic amines is 1. The highest BCUT2D eigenvalue weighted by molar-refractivity contribution is 6.30. The number of pyridine rings is 1. The van der Waals surface area contributed by atoms with Crippen LogP contribution in [0, 0.1) is 6.92 Å². The summed E-state index contributed by atoms with van der Waals surface area (Å²) in [5.74, 6) is 0.698. The van der Waals surface area contributed by atoms with Crippen molar-refractivity contribution >= 4 is 34.3 Å². The smallest absolute Gasteiger partial charge is 0.411 e. The molecule has 2 N–H and O–H groups in total. The van der Waals surface area contributed by atoms with E-state index in [-0.39, 0.29) is 11.7 Å². The van der Waals surface area contributed by atoms with Gasteiger partial charge in [-0.3, -0.25) is 10.1 Å². The predicted octanol–water partition coefficient (Wildman–Crippen LogP) is 5.14. The molecule has 0 bridgehead atoms. The van der Waals surface area contributed by atoms with Crippen molar-refractivity contribution in [2.45, 2.75) is 26.9 Å². The van der Waals surface area contributed by atoms with Crippen molar-refractivity contribution in [3.8, 4) is 5.75 Å². The number of halogens is 1. The molecule has 1 heterocycles. The van der Waals surface area contributed by atoms with E-state index in [1.807, 2.05) is 25.1 Å². The fourth-order valence-corrected chi connectivity index (χ4v) is 2.71. The Labute approximate surface area is 168 Å². The number of ether oxygens (including phenoxy) is 2. The van der Waals surface area contributed by atoms with E-state index in [0.717, 1.165) is 16.5 Å². The van der Waals surface area contributed by atoms with Crippen LogP contribution in [0.4, 0.5) is 10.5 Å². The van der Waals surface area contributed by atoms with Crippen LogP contribution in [-0.4, -0.2) is 24.3 Å². The fraction of sp³-hybridized carbons (Fsp3) is 0.238. The normalized spacial score (nSPS) is 10.2. The molecular formula is C21H23ClN2O4. The zero-order valence-electron chi connectivity index (χ0n) is 16.2. The van der Waals surface area contributed by atoms with Gasteiger partial charge in [0.25, 0.3) is 0 Å². The van der Waals surface area contributed by atoms with E-state index < -0.39 is 6.09 Å². The molecule has 0 fully saturated rings. The molecule has 28 heavy (non-hydrogen) atoms. The maximum Gasteiger partial charge on any atom is 0.411 e. The summed E-state index contributed by atoms with van der Waals surface area (Å²) in [6.07, 6.45) is -0.601. The molecule has 0 saturated heterocycles. The summed E-state index contributed by atoms with van der Waals surface area (Å²) in [4.78, 5) is 25.2. The molecule has 0 radical (unpaired) electrons. The Morgan fingerprint density at radius 2 is 1.86 bits per heavy atom. The van der Waals surface area contributed by atoms with Gasteiger partial charge in [0.15, 0.2) is 0 Å². The Morgan fingerprint density at radius 3 is 2.50 bits per heavy atom. The number of H-pyrrole nitrogens is 1. The molecule has 2 aromatic carbocycles. The molecular weight excluding hydrogens is 380 g/mol. The van der Waals surface area contributed by atoms with E-state index in [2.05, 4.69) is 10.3 Å². The topological polar surface area (TPSA) is 80.4 Å². The molecule has 6 nitrogen and oxygen atoms in total. The van der Waals surface area contributed by atoms with E-state index in [4.69, 9.17) is 21.1 Å². The lowest BCUT2D eigenvalue weighted by molar-refractivity contribution is 0.130. The van der Waals surface area contributed by atoms with Gasteiger partial charge in [0, 0.05) is 22.2 Å². The van der Waals surface area contributed by atoms with Crippen molar-refractivity contribution < 1.29 is 14.3 Å². The van der Waals surface area contributed by atoms with Crippen LogP contribution in [0.1, 0.15) is 19.4 Å². The van der Waals surface area contributed by atoms with E-state index >= 15 is 0 Å². The van der Waals surface area contributed by atoms with Crippen LogP contribution in [0.15, 0.2) is 53.3 Å². The highest BCUT2D eigenvalue weighted by Gasteiger charge is 2.05. The number of carbonyl (C=O) groups is 1. The van der Waals surface area contributed by atoms with Gasteiger partial charge in [0.2, 0.25) is 5.56 Å². The van der Waals surface area contributed by atoms with Crippen LogP contribution in [0.25, 0.3) is 10.9 Å². The van der Waals surface area contributed by atoms with Gasteiger partial charge in [-0.25, -0.2) is 4.79 Å². The molecule has 0 spiro atoms. The van der Waals surface area contributed by atoms with Crippen LogP contribution in [-0.2, 0) is 4.74 Å². The molecule has 0 unspecified atom stereocenters. The molecule has 0 aliphatic heterocycles. The maximum absolute atomic E-state index is 11.3. The summed E-state index contributed by atoms with van der Waals surface area (Å²) in [5, 5.41) is 4.16. The van der Waals surface area contributed by atoms with Gasteiger partial charge < -0.3 is 14.5 Å². The van der Waals surface area contributed by atoms with Gasteiger partial charge in [0.1, 0.15) is 5.75 Å². The number of hydrogen-bond acceptors (Lipinski definition) is 4. The van der Waals surface area contributed by atoms with Gasteiger partial charge in [-0.05, 0) is 50.6 Å². The molecule has 3 aromatic rings. The number of fused-ring (bicyclic) bond motifs is 1. The Hall–Kier alpha value is -2.99. The molecule has 3 rings (SSSR count). The second-order valence-electron chi connectivity index (χ2n) is 6.29. The van der Waals surface area contributed by atoms with Crippen molar-refractivity contribution in [3.05, 3.63) is 69.5 Å². The molecule has 0 atom stereocenters. The zero-order valence-corrected chi connectivity index (χ0v) is 17.0. The number of hydrogen-bond donors (Lipinski definition) is 2. The van der Waals surface area contributed by atoms with Crippen LogP contribution in [0.2, 0.25) is 5.02 Å². The number of aryl methyl sites for hydroxylation is 1. The van der Waals surface area contributed by atoms with Crippen molar-refractivity contribution in [2.24, 2.45) is 0 Å². The minimum Gasteiger partial charge on any atom is -0.495 e. The molecule has 1 aromatic heterocycles. The largest absolute Gasteiger partial charge is 0.495 e. The summed E-state index contributed by atoms with van der Waals surface area (Å²) < 4.78 is 10.1. The average molecular weight is 403 g/mol. The molecule has 0 aliphatic carbocycles. The summed E-state index contributed by atoms with van der Waals surface area (Å²) in [6, 6.07) is 14.2. The van der Waals surface area contributed by atoms with Crippen molar-refractivity contribution in [1.29, 1.82) is 0 Å². The van der Waals surface area contributed by atoms with Crippen LogP contribution < -0.4 is 15.6 Å². The number of aromatic nitrogens is 1. The van der Waals surface area contributed by atoms with Gasteiger partial charge in [-0.2, -0.15) is 0 Å².